The number of hydrogen-bond acceptors (Lipinski definition) is 1. The average Bonchev–Trinajstić information content (AvgIpc) is 2.37. The number of benzene rings is 2. The first-order valence-corrected chi connectivity index (χ1v) is 6.59. The van der Waals surface area contributed by atoms with Crippen LogP contribution in [-0.4, -0.2) is 5.11 Å². The quantitative estimate of drug-likeness (QED) is 0.809. The molecular formula is C16H15BrO. The van der Waals surface area contributed by atoms with Crippen LogP contribution >= 0.6 is 15.9 Å². The summed E-state index contributed by atoms with van der Waals surface area (Å²) in [5.74, 6) is 0.289. The largest absolute Gasteiger partial charge is 0.506 e. The van der Waals surface area contributed by atoms with Crippen molar-refractivity contribution in [2.75, 3.05) is 0 Å². The summed E-state index contributed by atoms with van der Waals surface area (Å²) >= 11 is 3.38. The van der Waals surface area contributed by atoms with Gasteiger partial charge in [-0.3, -0.25) is 0 Å². The van der Waals surface area contributed by atoms with E-state index in [-0.39, 0.29) is 11.7 Å². The number of hydrogen-bond donors (Lipinski definition) is 1. The minimum absolute atomic E-state index is 0.00222. The van der Waals surface area contributed by atoms with Crippen LogP contribution in [0.15, 0.2) is 59.6 Å². The molecule has 1 N–H and O–H groups in total. The van der Waals surface area contributed by atoms with Crippen LogP contribution in [-0.2, 0) is 0 Å². The molecule has 0 aliphatic heterocycles. The molecule has 0 aromatic heterocycles. The number of phenolic OH excluding ortho intramolecular Hbond substituents is 1. The maximum atomic E-state index is 10.2. The summed E-state index contributed by atoms with van der Waals surface area (Å²) in [6, 6.07) is 14.0. The Morgan fingerprint density at radius 1 is 1.22 bits per heavy atom. The number of phenols is 1. The third kappa shape index (κ3) is 2.49. The van der Waals surface area contributed by atoms with E-state index in [1.165, 1.54) is 0 Å². The highest BCUT2D eigenvalue weighted by atomic mass is 79.9. The zero-order valence-electron chi connectivity index (χ0n) is 10.2. The van der Waals surface area contributed by atoms with E-state index in [1.807, 2.05) is 55.5 Å². The van der Waals surface area contributed by atoms with E-state index in [0.29, 0.717) is 0 Å². The van der Waals surface area contributed by atoms with E-state index in [1.54, 1.807) is 0 Å². The van der Waals surface area contributed by atoms with Crippen LogP contribution in [0.1, 0.15) is 22.6 Å². The van der Waals surface area contributed by atoms with E-state index in [0.717, 1.165) is 21.2 Å². The molecule has 1 atom stereocenters. The van der Waals surface area contributed by atoms with Gasteiger partial charge >= 0.3 is 0 Å². The summed E-state index contributed by atoms with van der Waals surface area (Å²) in [6.45, 7) is 5.90. The summed E-state index contributed by atoms with van der Waals surface area (Å²) < 4.78 is 0.722. The van der Waals surface area contributed by atoms with Gasteiger partial charge in [0.1, 0.15) is 5.75 Å². The van der Waals surface area contributed by atoms with Gasteiger partial charge in [-0.05, 0) is 40.0 Å². The normalized spacial score (nSPS) is 12.1. The first-order valence-electron chi connectivity index (χ1n) is 5.80. The fraction of sp³-hybridized carbons (Fsp3) is 0.125. The van der Waals surface area contributed by atoms with Gasteiger partial charge in [0.05, 0.1) is 4.47 Å². The van der Waals surface area contributed by atoms with Crippen molar-refractivity contribution in [1.82, 2.24) is 0 Å². The molecule has 0 aliphatic rings. The lowest BCUT2D eigenvalue weighted by Crippen LogP contribution is -1.99. The molecule has 2 aromatic rings. The minimum atomic E-state index is 0.00222. The van der Waals surface area contributed by atoms with Gasteiger partial charge in [0.25, 0.3) is 0 Å². The van der Waals surface area contributed by atoms with Gasteiger partial charge < -0.3 is 5.11 Å². The Morgan fingerprint density at radius 3 is 2.50 bits per heavy atom. The lowest BCUT2D eigenvalue weighted by atomic mass is 9.90. The van der Waals surface area contributed by atoms with Crippen molar-refractivity contribution in [3.05, 3.63) is 76.3 Å². The SMILES string of the molecule is C=CC(c1ccccc1)c1cc(C)cc(Br)c1O. The molecule has 0 saturated carbocycles. The van der Waals surface area contributed by atoms with E-state index in [9.17, 15) is 5.11 Å². The second-order valence-corrected chi connectivity index (χ2v) is 5.16. The number of aryl methyl sites for hydroxylation is 1. The summed E-state index contributed by atoms with van der Waals surface area (Å²) in [7, 11) is 0. The number of halogens is 1. The number of rotatable bonds is 3. The Labute approximate surface area is 116 Å². The molecule has 0 radical (unpaired) electrons. The lowest BCUT2D eigenvalue weighted by molar-refractivity contribution is 0.464. The van der Waals surface area contributed by atoms with E-state index < -0.39 is 0 Å². The molecule has 1 unspecified atom stereocenters. The van der Waals surface area contributed by atoms with Crippen LogP contribution in [0.3, 0.4) is 0 Å². The molecule has 0 heterocycles. The molecule has 0 aliphatic carbocycles. The smallest absolute Gasteiger partial charge is 0.133 e. The highest BCUT2D eigenvalue weighted by molar-refractivity contribution is 9.10. The Hall–Kier alpha value is -1.54. The number of allylic oxidation sites excluding steroid dienone is 1. The average molecular weight is 303 g/mol. The lowest BCUT2D eigenvalue weighted by Gasteiger charge is -2.16. The molecular weight excluding hydrogens is 288 g/mol. The third-order valence-corrected chi connectivity index (χ3v) is 3.57. The fourth-order valence-corrected chi connectivity index (χ4v) is 2.69. The first-order chi connectivity index (χ1) is 8.63. The Kier molecular flexibility index (Phi) is 3.87. The summed E-state index contributed by atoms with van der Waals surface area (Å²) in [4.78, 5) is 0. The predicted octanol–water partition coefficient (Wildman–Crippen LogP) is 4.78. The summed E-state index contributed by atoms with van der Waals surface area (Å²) in [5, 5.41) is 10.2. The molecule has 2 heteroatoms. The van der Waals surface area contributed by atoms with Gasteiger partial charge in [0, 0.05) is 11.5 Å². The van der Waals surface area contributed by atoms with Crippen LogP contribution in [0, 0.1) is 6.92 Å². The highest BCUT2D eigenvalue weighted by Gasteiger charge is 2.16. The second-order valence-electron chi connectivity index (χ2n) is 4.31. The van der Waals surface area contributed by atoms with Gasteiger partial charge in [-0.2, -0.15) is 0 Å². The van der Waals surface area contributed by atoms with Crippen molar-refractivity contribution in [2.24, 2.45) is 0 Å². The maximum Gasteiger partial charge on any atom is 0.133 e. The van der Waals surface area contributed by atoms with Gasteiger partial charge in [0.15, 0.2) is 0 Å². The maximum absolute atomic E-state index is 10.2. The van der Waals surface area contributed by atoms with Crippen molar-refractivity contribution >= 4 is 15.9 Å². The van der Waals surface area contributed by atoms with Crippen molar-refractivity contribution in [3.8, 4) is 5.75 Å². The topological polar surface area (TPSA) is 20.2 Å². The molecule has 0 amide bonds. The zero-order valence-corrected chi connectivity index (χ0v) is 11.8. The van der Waals surface area contributed by atoms with Crippen LogP contribution in [0.2, 0.25) is 0 Å². The van der Waals surface area contributed by atoms with Crippen molar-refractivity contribution < 1.29 is 5.11 Å². The molecule has 2 aromatic carbocycles. The molecule has 0 fully saturated rings. The third-order valence-electron chi connectivity index (χ3n) is 2.97. The minimum Gasteiger partial charge on any atom is -0.506 e. The predicted molar refractivity (Wildman–Crippen MR) is 79.0 cm³/mol. The van der Waals surface area contributed by atoms with Gasteiger partial charge in [0.2, 0.25) is 0 Å². The summed E-state index contributed by atoms with van der Waals surface area (Å²) in [5.41, 5.74) is 3.11. The molecule has 0 spiro atoms. The van der Waals surface area contributed by atoms with Gasteiger partial charge in [-0.1, -0.05) is 42.5 Å². The van der Waals surface area contributed by atoms with Crippen molar-refractivity contribution in [2.45, 2.75) is 12.8 Å². The molecule has 2 rings (SSSR count). The van der Waals surface area contributed by atoms with E-state index in [4.69, 9.17) is 0 Å². The van der Waals surface area contributed by atoms with Crippen LogP contribution < -0.4 is 0 Å². The van der Waals surface area contributed by atoms with Crippen molar-refractivity contribution in [1.29, 1.82) is 0 Å². The van der Waals surface area contributed by atoms with Gasteiger partial charge in [-0.25, -0.2) is 0 Å². The molecule has 18 heavy (non-hydrogen) atoms. The fourth-order valence-electron chi connectivity index (χ4n) is 2.10. The molecule has 1 nitrogen and oxygen atoms in total. The monoisotopic (exact) mass is 302 g/mol. The van der Waals surface area contributed by atoms with Gasteiger partial charge in [-0.15, -0.1) is 6.58 Å². The van der Waals surface area contributed by atoms with E-state index >= 15 is 0 Å². The molecule has 0 saturated heterocycles. The second kappa shape index (κ2) is 5.40. The number of aromatic hydroxyl groups is 1. The first kappa shape index (κ1) is 12.9. The highest BCUT2D eigenvalue weighted by Crippen LogP contribution is 2.37. The van der Waals surface area contributed by atoms with E-state index in [2.05, 4.69) is 22.5 Å². The van der Waals surface area contributed by atoms with Crippen molar-refractivity contribution in [3.63, 3.8) is 0 Å². The van der Waals surface area contributed by atoms with Crippen LogP contribution in [0.4, 0.5) is 0 Å². The molecule has 0 bridgehead atoms. The molecule has 92 valence electrons. The zero-order chi connectivity index (χ0) is 13.1. The van der Waals surface area contributed by atoms with Crippen LogP contribution in [0.25, 0.3) is 0 Å². The Balaban J connectivity index is 2.55. The Bertz CT molecular complexity index is 561. The Morgan fingerprint density at radius 2 is 1.89 bits per heavy atom. The summed E-state index contributed by atoms with van der Waals surface area (Å²) in [6.07, 6.45) is 1.86. The standard InChI is InChI=1S/C16H15BrO/c1-3-13(12-7-5-4-6-8-12)14-9-11(2)10-15(17)16(14)18/h3-10,13,18H,1H2,2H3. The van der Waals surface area contributed by atoms with Crippen LogP contribution in [0.5, 0.6) is 5.75 Å².